The minimum absolute atomic E-state index is 0.0690. The normalized spacial score (nSPS) is 12.4. The van der Waals surface area contributed by atoms with Crippen molar-refractivity contribution in [3.05, 3.63) is 65.2 Å². The first-order valence-corrected chi connectivity index (χ1v) is 5.83. The van der Waals surface area contributed by atoms with Gasteiger partial charge in [-0.15, -0.1) is 0 Å². The van der Waals surface area contributed by atoms with Crippen molar-refractivity contribution in [2.75, 3.05) is 0 Å². The Morgan fingerprint density at radius 3 is 2.78 bits per heavy atom. The SMILES string of the molecule is Cc1cc(F)ccc1C(Cc1ccccn1)NN. The van der Waals surface area contributed by atoms with Crippen molar-refractivity contribution in [3.63, 3.8) is 0 Å². The van der Waals surface area contributed by atoms with Crippen LogP contribution in [0, 0.1) is 12.7 Å². The molecule has 2 aromatic rings. The number of nitrogens with zero attached hydrogens (tertiary/aromatic N) is 1. The van der Waals surface area contributed by atoms with Gasteiger partial charge in [-0.25, -0.2) is 4.39 Å². The van der Waals surface area contributed by atoms with E-state index in [-0.39, 0.29) is 11.9 Å². The van der Waals surface area contributed by atoms with Gasteiger partial charge in [0.15, 0.2) is 0 Å². The van der Waals surface area contributed by atoms with Crippen molar-refractivity contribution >= 4 is 0 Å². The molecular weight excluding hydrogens is 229 g/mol. The second-order valence-electron chi connectivity index (χ2n) is 4.25. The van der Waals surface area contributed by atoms with Crippen LogP contribution in [-0.4, -0.2) is 4.98 Å². The molecule has 0 bridgehead atoms. The third-order valence-electron chi connectivity index (χ3n) is 2.95. The van der Waals surface area contributed by atoms with Gasteiger partial charge in [-0.2, -0.15) is 0 Å². The lowest BCUT2D eigenvalue weighted by molar-refractivity contribution is 0.540. The van der Waals surface area contributed by atoms with E-state index in [0.717, 1.165) is 16.8 Å². The molecule has 0 aliphatic carbocycles. The average Bonchev–Trinajstić information content (AvgIpc) is 2.38. The summed E-state index contributed by atoms with van der Waals surface area (Å²) in [6.07, 6.45) is 2.42. The Labute approximate surface area is 106 Å². The molecule has 0 radical (unpaired) electrons. The number of aryl methyl sites for hydroxylation is 1. The maximum Gasteiger partial charge on any atom is 0.123 e. The quantitative estimate of drug-likeness (QED) is 0.642. The Morgan fingerprint density at radius 2 is 2.17 bits per heavy atom. The van der Waals surface area contributed by atoms with Gasteiger partial charge in [0.05, 0.1) is 6.04 Å². The standard InChI is InChI=1S/C14H16FN3/c1-10-8-11(15)5-6-13(10)14(18-16)9-12-4-2-3-7-17-12/h2-8,14,18H,9,16H2,1H3. The molecule has 0 saturated carbocycles. The van der Waals surface area contributed by atoms with Gasteiger partial charge in [-0.3, -0.25) is 16.3 Å². The van der Waals surface area contributed by atoms with Crippen LogP contribution < -0.4 is 11.3 Å². The molecule has 1 unspecified atom stereocenters. The Morgan fingerprint density at radius 1 is 1.33 bits per heavy atom. The molecule has 2 rings (SSSR count). The number of hydrogen-bond donors (Lipinski definition) is 2. The summed E-state index contributed by atoms with van der Waals surface area (Å²) in [5.41, 5.74) is 5.59. The molecule has 1 atom stereocenters. The first-order chi connectivity index (χ1) is 8.70. The van der Waals surface area contributed by atoms with E-state index < -0.39 is 0 Å². The lowest BCUT2D eigenvalue weighted by Crippen LogP contribution is -2.30. The molecule has 4 heteroatoms. The van der Waals surface area contributed by atoms with Crippen molar-refractivity contribution < 1.29 is 4.39 Å². The van der Waals surface area contributed by atoms with E-state index in [9.17, 15) is 4.39 Å². The first kappa shape index (κ1) is 12.7. The van der Waals surface area contributed by atoms with Gasteiger partial charge in [0.25, 0.3) is 0 Å². The van der Waals surface area contributed by atoms with Gasteiger partial charge in [0.1, 0.15) is 5.82 Å². The largest absolute Gasteiger partial charge is 0.271 e. The number of halogens is 1. The number of hydrazine groups is 1. The summed E-state index contributed by atoms with van der Waals surface area (Å²) in [7, 11) is 0. The van der Waals surface area contributed by atoms with Crippen LogP contribution in [0.4, 0.5) is 4.39 Å². The minimum Gasteiger partial charge on any atom is -0.271 e. The number of nitrogens with one attached hydrogen (secondary N) is 1. The highest BCUT2D eigenvalue weighted by Crippen LogP contribution is 2.21. The molecule has 0 spiro atoms. The molecule has 18 heavy (non-hydrogen) atoms. The van der Waals surface area contributed by atoms with E-state index in [1.54, 1.807) is 12.3 Å². The van der Waals surface area contributed by atoms with Gasteiger partial charge in [0, 0.05) is 18.3 Å². The molecule has 3 N–H and O–H groups in total. The van der Waals surface area contributed by atoms with E-state index >= 15 is 0 Å². The number of benzene rings is 1. The highest BCUT2D eigenvalue weighted by atomic mass is 19.1. The second kappa shape index (κ2) is 5.71. The summed E-state index contributed by atoms with van der Waals surface area (Å²) in [5.74, 6) is 5.36. The molecule has 0 amide bonds. The van der Waals surface area contributed by atoms with Crippen LogP contribution in [-0.2, 0) is 6.42 Å². The zero-order valence-corrected chi connectivity index (χ0v) is 10.2. The maximum absolute atomic E-state index is 13.1. The van der Waals surface area contributed by atoms with Crippen molar-refractivity contribution in [2.45, 2.75) is 19.4 Å². The topological polar surface area (TPSA) is 50.9 Å². The zero-order valence-electron chi connectivity index (χ0n) is 10.2. The van der Waals surface area contributed by atoms with E-state index in [0.29, 0.717) is 6.42 Å². The first-order valence-electron chi connectivity index (χ1n) is 5.83. The molecule has 0 aliphatic rings. The van der Waals surface area contributed by atoms with Crippen LogP contribution in [0.5, 0.6) is 0 Å². The molecule has 0 fully saturated rings. The monoisotopic (exact) mass is 245 g/mol. The van der Waals surface area contributed by atoms with Crippen molar-refractivity contribution in [1.29, 1.82) is 0 Å². The Kier molecular flexibility index (Phi) is 4.02. The number of hydrogen-bond acceptors (Lipinski definition) is 3. The number of nitrogens with two attached hydrogens (primary N) is 1. The number of pyridine rings is 1. The minimum atomic E-state index is -0.232. The van der Waals surface area contributed by atoms with Crippen LogP contribution in [0.1, 0.15) is 22.9 Å². The van der Waals surface area contributed by atoms with Crippen LogP contribution in [0.2, 0.25) is 0 Å². The third kappa shape index (κ3) is 2.91. The Bertz CT molecular complexity index is 514. The maximum atomic E-state index is 13.1. The van der Waals surface area contributed by atoms with Crippen LogP contribution >= 0.6 is 0 Å². The molecule has 1 aromatic carbocycles. The summed E-state index contributed by atoms with van der Waals surface area (Å²) in [4.78, 5) is 4.27. The fraction of sp³-hybridized carbons (Fsp3) is 0.214. The highest BCUT2D eigenvalue weighted by Gasteiger charge is 2.13. The van der Waals surface area contributed by atoms with Gasteiger partial charge in [0.2, 0.25) is 0 Å². The van der Waals surface area contributed by atoms with Gasteiger partial charge in [-0.1, -0.05) is 12.1 Å². The summed E-state index contributed by atoms with van der Waals surface area (Å²) < 4.78 is 13.1. The molecule has 94 valence electrons. The number of aromatic nitrogens is 1. The Hall–Kier alpha value is -1.78. The predicted octanol–water partition coefficient (Wildman–Crippen LogP) is 2.28. The molecule has 1 aromatic heterocycles. The van der Waals surface area contributed by atoms with Gasteiger partial charge >= 0.3 is 0 Å². The van der Waals surface area contributed by atoms with E-state index in [1.807, 2.05) is 25.1 Å². The van der Waals surface area contributed by atoms with Crippen LogP contribution in [0.15, 0.2) is 42.6 Å². The average molecular weight is 245 g/mol. The molecule has 3 nitrogen and oxygen atoms in total. The summed E-state index contributed by atoms with van der Waals surface area (Å²) in [6.45, 7) is 1.88. The molecule has 0 aliphatic heterocycles. The molecule has 0 saturated heterocycles. The summed E-state index contributed by atoms with van der Waals surface area (Å²) >= 11 is 0. The fourth-order valence-corrected chi connectivity index (χ4v) is 2.02. The van der Waals surface area contributed by atoms with E-state index in [4.69, 9.17) is 5.84 Å². The van der Waals surface area contributed by atoms with Crippen molar-refractivity contribution in [1.82, 2.24) is 10.4 Å². The fourth-order valence-electron chi connectivity index (χ4n) is 2.02. The smallest absolute Gasteiger partial charge is 0.123 e. The van der Waals surface area contributed by atoms with Crippen LogP contribution in [0.3, 0.4) is 0 Å². The van der Waals surface area contributed by atoms with Crippen molar-refractivity contribution in [3.8, 4) is 0 Å². The zero-order chi connectivity index (χ0) is 13.0. The van der Waals surface area contributed by atoms with Gasteiger partial charge < -0.3 is 0 Å². The van der Waals surface area contributed by atoms with E-state index in [1.165, 1.54) is 12.1 Å². The predicted molar refractivity (Wildman–Crippen MR) is 69.1 cm³/mol. The lowest BCUT2D eigenvalue weighted by atomic mass is 9.97. The summed E-state index contributed by atoms with van der Waals surface area (Å²) in [5, 5.41) is 0. The number of rotatable bonds is 4. The Balaban J connectivity index is 2.23. The molecular formula is C14H16FN3. The lowest BCUT2D eigenvalue weighted by Gasteiger charge is -2.18. The highest BCUT2D eigenvalue weighted by molar-refractivity contribution is 5.30. The van der Waals surface area contributed by atoms with E-state index in [2.05, 4.69) is 10.4 Å². The molecule has 1 heterocycles. The second-order valence-corrected chi connectivity index (χ2v) is 4.25. The van der Waals surface area contributed by atoms with Gasteiger partial charge in [-0.05, 0) is 42.3 Å². The van der Waals surface area contributed by atoms with Crippen molar-refractivity contribution in [2.24, 2.45) is 5.84 Å². The third-order valence-corrected chi connectivity index (χ3v) is 2.95. The summed E-state index contributed by atoms with van der Waals surface area (Å²) in [6, 6.07) is 10.4. The van der Waals surface area contributed by atoms with Crippen LogP contribution in [0.25, 0.3) is 0 Å².